The van der Waals surface area contributed by atoms with Gasteiger partial charge in [0.25, 0.3) is 0 Å². The summed E-state index contributed by atoms with van der Waals surface area (Å²) in [6.07, 6.45) is 0. The second-order valence-corrected chi connectivity index (χ2v) is 5.95. The smallest absolute Gasteiger partial charge is 0.0725 e. The highest BCUT2D eigenvalue weighted by atomic mass is 35.5. The molecule has 1 N–H and O–H groups in total. The molecule has 1 heterocycles. The Labute approximate surface area is 113 Å². The fourth-order valence-corrected chi connectivity index (χ4v) is 1.91. The first-order valence-electron chi connectivity index (χ1n) is 6.19. The largest absolute Gasteiger partial charge is 0.378 e. The zero-order valence-electron chi connectivity index (χ0n) is 11.3. The first kappa shape index (κ1) is 13.2. The summed E-state index contributed by atoms with van der Waals surface area (Å²) >= 11 is 6.23. The van der Waals surface area contributed by atoms with Crippen LogP contribution < -0.4 is 5.32 Å². The van der Waals surface area contributed by atoms with Gasteiger partial charge < -0.3 is 5.32 Å². The third-order valence-corrected chi connectivity index (χ3v) is 3.84. The topological polar surface area (TPSA) is 24.9 Å². The summed E-state index contributed by atoms with van der Waals surface area (Å²) in [5, 5.41) is 4.69. The number of aromatic nitrogens is 1. The second-order valence-electron chi connectivity index (χ2n) is 5.29. The molecule has 2 nitrogen and oxygen atoms in total. The summed E-state index contributed by atoms with van der Waals surface area (Å²) in [4.78, 5) is 4.54. The van der Waals surface area contributed by atoms with Crippen LogP contribution in [-0.4, -0.2) is 15.9 Å². The van der Waals surface area contributed by atoms with Crippen LogP contribution in [0.1, 0.15) is 26.5 Å². The van der Waals surface area contributed by atoms with Crippen molar-refractivity contribution >= 4 is 28.2 Å². The van der Waals surface area contributed by atoms with Crippen LogP contribution in [0.15, 0.2) is 30.3 Å². The molecule has 1 aromatic heterocycles. The number of aryl methyl sites for hydroxylation is 1. The molecule has 1 aromatic carbocycles. The maximum absolute atomic E-state index is 6.23. The Morgan fingerprint density at radius 1 is 1.28 bits per heavy atom. The number of rotatable bonds is 3. The van der Waals surface area contributed by atoms with Crippen molar-refractivity contribution in [3.8, 4) is 0 Å². The van der Waals surface area contributed by atoms with E-state index in [1.165, 1.54) is 0 Å². The molecule has 3 heteroatoms. The van der Waals surface area contributed by atoms with Crippen molar-refractivity contribution in [3.05, 3.63) is 36.0 Å². The summed E-state index contributed by atoms with van der Waals surface area (Å²) in [5.74, 6) is 0. The van der Waals surface area contributed by atoms with E-state index < -0.39 is 0 Å². The third kappa shape index (κ3) is 2.59. The molecule has 0 aliphatic rings. The van der Waals surface area contributed by atoms with Gasteiger partial charge in [0.05, 0.1) is 10.9 Å². The lowest BCUT2D eigenvalue weighted by atomic mass is 10.00. The van der Waals surface area contributed by atoms with Crippen LogP contribution in [0.2, 0.25) is 0 Å². The Morgan fingerprint density at radius 3 is 2.61 bits per heavy atom. The SMILES string of the molecule is Cc1cc(NC(C)(C)C(C)Cl)c2ccccc2n1. The Kier molecular flexibility index (Phi) is 3.49. The maximum Gasteiger partial charge on any atom is 0.0725 e. The molecule has 0 bridgehead atoms. The van der Waals surface area contributed by atoms with Crippen LogP contribution in [0, 0.1) is 6.92 Å². The van der Waals surface area contributed by atoms with Crippen molar-refractivity contribution in [1.82, 2.24) is 4.98 Å². The minimum atomic E-state index is -0.169. The highest BCUT2D eigenvalue weighted by molar-refractivity contribution is 6.21. The number of para-hydroxylation sites is 1. The molecule has 2 rings (SSSR count). The Hall–Kier alpha value is -1.28. The zero-order chi connectivity index (χ0) is 13.3. The van der Waals surface area contributed by atoms with E-state index in [-0.39, 0.29) is 10.9 Å². The lowest BCUT2D eigenvalue weighted by Crippen LogP contribution is -2.39. The van der Waals surface area contributed by atoms with Crippen molar-refractivity contribution in [3.63, 3.8) is 0 Å². The van der Waals surface area contributed by atoms with E-state index in [1.807, 2.05) is 32.0 Å². The Morgan fingerprint density at radius 2 is 1.94 bits per heavy atom. The van der Waals surface area contributed by atoms with Gasteiger partial charge in [-0.2, -0.15) is 0 Å². The number of fused-ring (bicyclic) bond motifs is 1. The van der Waals surface area contributed by atoms with E-state index in [9.17, 15) is 0 Å². The lowest BCUT2D eigenvalue weighted by Gasteiger charge is -2.31. The Balaban J connectivity index is 2.50. The quantitative estimate of drug-likeness (QED) is 0.832. The van der Waals surface area contributed by atoms with Gasteiger partial charge in [-0.1, -0.05) is 18.2 Å². The van der Waals surface area contributed by atoms with E-state index in [2.05, 4.69) is 36.3 Å². The fourth-order valence-electron chi connectivity index (χ4n) is 1.86. The van der Waals surface area contributed by atoms with E-state index in [0.717, 1.165) is 22.3 Å². The number of halogens is 1. The second kappa shape index (κ2) is 4.77. The van der Waals surface area contributed by atoms with Gasteiger partial charge in [0, 0.05) is 22.3 Å². The summed E-state index contributed by atoms with van der Waals surface area (Å²) in [7, 11) is 0. The van der Waals surface area contributed by atoms with Gasteiger partial charge in [0.1, 0.15) is 0 Å². The van der Waals surface area contributed by atoms with E-state index in [0.29, 0.717) is 0 Å². The molecular formula is C15H19ClN2. The molecule has 0 fully saturated rings. The van der Waals surface area contributed by atoms with Gasteiger partial charge in [0.2, 0.25) is 0 Å². The number of hydrogen-bond acceptors (Lipinski definition) is 2. The zero-order valence-corrected chi connectivity index (χ0v) is 12.0. The molecule has 0 aliphatic carbocycles. The molecule has 0 aliphatic heterocycles. The molecule has 96 valence electrons. The summed E-state index contributed by atoms with van der Waals surface area (Å²) in [6, 6.07) is 10.2. The van der Waals surface area contributed by atoms with Gasteiger partial charge in [-0.3, -0.25) is 4.98 Å². The molecule has 0 spiro atoms. The van der Waals surface area contributed by atoms with Crippen LogP contribution in [-0.2, 0) is 0 Å². The standard InChI is InChI=1S/C15H19ClN2/c1-10-9-14(18-15(3,4)11(2)16)12-7-5-6-8-13(12)17-10/h5-9,11H,1-4H3,(H,17,18). The minimum absolute atomic E-state index is 0.0322. The highest BCUT2D eigenvalue weighted by Gasteiger charge is 2.24. The molecule has 0 amide bonds. The third-order valence-electron chi connectivity index (χ3n) is 3.30. The number of pyridine rings is 1. The number of hydrogen-bond donors (Lipinski definition) is 1. The predicted octanol–water partition coefficient (Wildman–Crippen LogP) is 4.36. The summed E-state index contributed by atoms with van der Waals surface area (Å²) in [5.41, 5.74) is 2.95. The lowest BCUT2D eigenvalue weighted by molar-refractivity contribution is 0.556. The Bertz CT molecular complexity index is 561. The normalized spacial score (nSPS) is 13.6. The molecule has 0 saturated heterocycles. The molecule has 1 atom stereocenters. The van der Waals surface area contributed by atoms with Crippen LogP contribution in [0.5, 0.6) is 0 Å². The van der Waals surface area contributed by atoms with Crippen molar-refractivity contribution in [2.45, 2.75) is 38.6 Å². The molecule has 0 saturated carbocycles. The molecular weight excluding hydrogens is 244 g/mol. The van der Waals surface area contributed by atoms with Crippen molar-refractivity contribution in [1.29, 1.82) is 0 Å². The maximum atomic E-state index is 6.23. The van der Waals surface area contributed by atoms with E-state index in [1.54, 1.807) is 0 Å². The molecule has 0 radical (unpaired) electrons. The van der Waals surface area contributed by atoms with Crippen molar-refractivity contribution in [2.24, 2.45) is 0 Å². The van der Waals surface area contributed by atoms with Crippen LogP contribution in [0.4, 0.5) is 5.69 Å². The molecule has 1 unspecified atom stereocenters. The number of anilines is 1. The van der Waals surface area contributed by atoms with Crippen molar-refractivity contribution in [2.75, 3.05) is 5.32 Å². The van der Waals surface area contributed by atoms with Gasteiger partial charge >= 0.3 is 0 Å². The van der Waals surface area contributed by atoms with Crippen LogP contribution >= 0.6 is 11.6 Å². The molecule has 18 heavy (non-hydrogen) atoms. The van der Waals surface area contributed by atoms with Crippen LogP contribution in [0.25, 0.3) is 10.9 Å². The van der Waals surface area contributed by atoms with E-state index >= 15 is 0 Å². The summed E-state index contributed by atoms with van der Waals surface area (Å²) < 4.78 is 0. The number of benzene rings is 1. The van der Waals surface area contributed by atoms with Gasteiger partial charge in [-0.15, -0.1) is 11.6 Å². The first-order chi connectivity index (χ1) is 8.40. The minimum Gasteiger partial charge on any atom is -0.378 e. The average molecular weight is 263 g/mol. The van der Waals surface area contributed by atoms with Crippen molar-refractivity contribution < 1.29 is 0 Å². The number of alkyl halides is 1. The van der Waals surface area contributed by atoms with Crippen LogP contribution in [0.3, 0.4) is 0 Å². The average Bonchev–Trinajstić information content (AvgIpc) is 2.28. The predicted molar refractivity (Wildman–Crippen MR) is 79.5 cm³/mol. The number of nitrogens with zero attached hydrogens (tertiary/aromatic N) is 1. The molecule has 2 aromatic rings. The van der Waals surface area contributed by atoms with E-state index in [4.69, 9.17) is 11.6 Å². The monoisotopic (exact) mass is 262 g/mol. The van der Waals surface area contributed by atoms with Gasteiger partial charge in [-0.05, 0) is 39.8 Å². The highest BCUT2D eigenvalue weighted by Crippen LogP contribution is 2.28. The van der Waals surface area contributed by atoms with Gasteiger partial charge in [-0.25, -0.2) is 0 Å². The summed E-state index contributed by atoms with van der Waals surface area (Å²) in [6.45, 7) is 8.23. The fraction of sp³-hybridized carbons (Fsp3) is 0.400. The number of nitrogens with one attached hydrogen (secondary N) is 1. The van der Waals surface area contributed by atoms with Gasteiger partial charge in [0.15, 0.2) is 0 Å². The first-order valence-corrected chi connectivity index (χ1v) is 6.62.